The van der Waals surface area contributed by atoms with Gasteiger partial charge in [-0.15, -0.1) is 0 Å². The molecule has 0 unspecified atom stereocenters. The number of thiophene rings is 1. The number of anilines is 2. The van der Waals surface area contributed by atoms with Gasteiger partial charge in [0.05, 0.1) is 16.7 Å². The van der Waals surface area contributed by atoms with Gasteiger partial charge in [0.2, 0.25) is 5.95 Å². The first-order valence-electron chi connectivity index (χ1n) is 13.5. The Morgan fingerprint density at radius 2 is 1.80 bits per heavy atom. The van der Waals surface area contributed by atoms with Crippen LogP contribution < -0.4 is 5.32 Å². The number of imidazole rings is 1. The summed E-state index contributed by atoms with van der Waals surface area (Å²) >= 11 is 1.67. The Labute approximate surface area is 214 Å². The molecule has 35 heavy (non-hydrogen) atoms. The van der Waals surface area contributed by atoms with Gasteiger partial charge in [-0.25, -0.2) is 4.98 Å². The minimum Gasteiger partial charge on any atom is -0.339 e. The molecular formula is C28H41N5OS. The van der Waals surface area contributed by atoms with Crippen molar-refractivity contribution in [2.24, 2.45) is 0 Å². The number of fused-ring (bicyclic) bond motifs is 1. The SMILES string of the molecule is CCCCN(CCCC)C(=O)c1ccc2nc(Nc3ccsc3)n(CCCN3CCCCC3)c2c1. The zero-order chi connectivity index (χ0) is 24.5. The number of nitrogens with one attached hydrogen (secondary N) is 1. The number of unbranched alkanes of at least 4 members (excludes halogenated alkanes) is 2. The van der Waals surface area contributed by atoms with Crippen LogP contribution in [0.25, 0.3) is 11.0 Å². The molecule has 0 atom stereocenters. The molecule has 1 N–H and O–H groups in total. The number of benzene rings is 1. The summed E-state index contributed by atoms with van der Waals surface area (Å²) in [6.07, 6.45) is 9.34. The summed E-state index contributed by atoms with van der Waals surface area (Å²) in [6.45, 7) is 10.4. The standard InChI is InChI=1S/C28H41N5OS/c1-3-5-17-32(18-6-4-2)27(34)23-11-12-25-26(21-23)33(19-10-16-31-14-8-7-9-15-31)28(30-25)29-24-13-20-35-22-24/h11-13,20-22H,3-10,14-19H2,1-2H3,(H,29,30). The number of amides is 1. The first-order valence-corrected chi connectivity index (χ1v) is 14.4. The lowest BCUT2D eigenvalue weighted by molar-refractivity contribution is 0.0751. The van der Waals surface area contributed by atoms with Crippen molar-refractivity contribution in [3.63, 3.8) is 0 Å². The highest BCUT2D eigenvalue weighted by molar-refractivity contribution is 7.08. The van der Waals surface area contributed by atoms with E-state index in [1.807, 2.05) is 17.0 Å². The predicted octanol–water partition coefficient (Wildman–Crippen LogP) is 6.76. The lowest BCUT2D eigenvalue weighted by Crippen LogP contribution is -2.33. The Kier molecular flexibility index (Phi) is 9.60. The van der Waals surface area contributed by atoms with E-state index >= 15 is 0 Å². The summed E-state index contributed by atoms with van der Waals surface area (Å²) in [5.41, 5.74) is 3.80. The van der Waals surface area contributed by atoms with E-state index in [1.54, 1.807) is 11.3 Å². The van der Waals surface area contributed by atoms with Crippen LogP contribution in [0.4, 0.5) is 11.6 Å². The van der Waals surface area contributed by atoms with E-state index in [1.165, 1.54) is 32.4 Å². The molecule has 3 aromatic rings. The average molecular weight is 496 g/mol. The quantitative estimate of drug-likeness (QED) is 0.285. The monoisotopic (exact) mass is 495 g/mol. The fraction of sp³-hybridized carbons (Fsp3) is 0.571. The van der Waals surface area contributed by atoms with Gasteiger partial charge in [0, 0.05) is 30.6 Å². The van der Waals surface area contributed by atoms with E-state index in [-0.39, 0.29) is 5.91 Å². The summed E-state index contributed by atoms with van der Waals surface area (Å²) in [5.74, 6) is 0.998. The van der Waals surface area contributed by atoms with Crippen LogP contribution in [-0.4, -0.2) is 58.0 Å². The minimum absolute atomic E-state index is 0.141. The average Bonchev–Trinajstić information content (AvgIpc) is 3.52. The van der Waals surface area contributed by atoms with E-state index in [0.717, 1.165) is 86.5 Å². The molecule has 1 saturated heterocycles. The smallest absolute Gasteiger partial charge is 0.253 e. The molecule has 7 heteroatoms. The highest BCUT2D eigenvalue weighted by atomic mass is 32.1. The molecular weight excluding hydrogens is 454 g/mol. The number of hydrogen-bond donors (Lipinski definition) is 1. The van der Waals surface area contributed by atoms with E-state index in [9.17, 15) is 4.79 Å². The lowest BCUT2D eigenvalue weighted by Gasteiger charge is -2.26. The number of hydrogen-bond acceptors (Lipinski definition) is 5. The largest absolute Gasteiger partial charge is 0.339 e. The molecule has 6 nitrogen and oxygen atoms in total. The van der Waals surface area contributed by atoms with Crippen molar-refractivity contribution in [3.8, 4) is 0 Å². The highest BCUT2D eigenvalue weighted by Gasteiger charge is 2.19. The van der Waals surface area contributed by atoms with Crippen molar-refractivity contribution in [2.45, 2.75) is 71.8 Å². The number of aryl methyl sites for hydroxylation is 1. The van der Waals surface area contributed by atoms with Gasteiger partial charge in [-0.3, -0.25) is 4.79 Å². The molecule has 1 amide bonds. The van der Waals surface area contributed by atoms with Crippen LogP contribution >= 0.6 is 11.3 Å². The molecule has 0 spiro atoms. The Bertz CT molecular complexity index is 1050. The van der Waals surface area contributed by atoms with Gasteiger partial charge in [-0.05, 0) is 81.4 Å². The van der Waals surface area contributed by atoms with Gasteiger partial charge in [-0.2, -0.15) is 11.3 Å². The van der Waals surface area contributed by atoms with Gasteiger partial charge < -0.3 is 19.7 Å². The lowest BCUT2D eigenvalue weighted by atomic mass is 10.1. The van der Waals surface area contributed by atoms with Crippen LogP contribution in [0.1, 0.15) is 75.6 Å². The van der Waals surface area contributed by atoms with Crippen molar-refractivity contribution in [1.29, 1.82) is 0 Å². The molecule has 1 aliphatic rings. The zero-order valence-electron chi connectivity index (χ0n) is 21.5. The van der Waals surface area contributed by atoms with Crippen molar-refractivity contribution in [3.05, 3.63) is 40.6 Å². The van der Waals surface area contributed by atoms with Crippen molar-refractivity contribution >= 4 is 39.9 Å². The van der Waals surface area contributed by atoms with E-state index in [2.05, 4.69) is 51.5 Å². The molecule has 0 radical (unpaired) electrons. The minimum atomic E-state index is 0.141. The van der Waals surface area contributed by atoms with Crippen LogP contribution in [-0.2, 0) is 6.54 Å². The van der Waals surface area contributed by atoms with E-state index in [4.69, 9.17) is 4.98 Å². The first-order chi connectivity index (χ1) is 17.2. The van der Waals surface area contributed by atoms with Crippen molar-refractivity contribution < 1.29 is 4.79 Å². The zero-order valence-corrected chi connectivity index (χ0v) is 22.3. The van der Waals surface area contributed by atoms with Crippen molar-refractivity contribution in [1.82, 2.24) is 19.4 Å². The molecule has 4 rings (SSSR count). The molecule has 3 heterocycles. The molecule has 0 saturated carbocycles. The second kappa shape index (κ2) is 13.1. The highest BCUT2D eigenvalue weighted by Crippen LogP contribution is 2.26. The summed E-state index contributed by atoms with van der Waals surface area (Å²) in [5, 5.41) is 7.69. The number of aromatic nitrogens is 2. The third-order valence-electron chi connectivity index (χ3n) is 6.93. The molecule has 0 aliphatic carbocycles. The molecule has 1 aromatic carbocycles. The Balaban J connectivity index is 1.58. The van der Waals surface area contributed by atoms with Gasteiger partial charge in [-0.1, -0.05) is 33.1 Å². The second-order valence-corrected chi connectivity index (χ2v) is 10.5. The molecule has 2 aromatic heterocycles. The van der Waals surface area contributed by atoms with E-state index < -0.39 is 0 Å². The Morgan fingerprint density at radius 1 is 1.03 bits per heavy atom. The van der Waals surface area contributed by atoms with Crippen molar-refractivity contribution in [2.75, 3.05) is 38.0 Å². The van der Waals surface area contributed by atoms with Gasteiger partial charge in [0.25, 0.3) is 5.91 Å². The number of rotatable bonds is 13. The fourth-order valence-corrected chi connectivity index (χ4v) is 5.46. The summed E-state index contributed by atoms with van der Waals surface area (Å²) in [6, 6.07) is 8.11. The summed E-state index contributed by atoms with van der Waals surface area (Å²) < 4.78 is 2.27. The van der Waals surface area contributed by atoms with Crippen LogP contribution in [0.15, 0.2) is 35.0 Å². The van der Waals surface area contributed by atoms with Gasteiger partial charge in [0.15, 0.2) is 0 Å². The predicted molar refractivity (Wildman–Crippen MR) is 148 cm³/mol. The Hall–Kier alpha value is -2.38. The maximum Gasteiger partial charge on any atom is 0.253 e. The second-order valence-electron chi connectivity index (χ2n) is 9.68. The molecule has 1 fully saturated rings. The number of piperidine rings is 1. The van der Waals surface area contributed by atoms with Crippen LogP contribution in [0.3, 0.4) is 0 Å². The maximum atomic E-state index is 13.5. The summed E-state index contributed by atoms with van der Waals surface area (Å²) in [4.78, 5) is 23.0. The fourth-order valence-electron chi connectivity index (χ4n) is 4.87. The number of nitrogens with zero attached hydrogens (tertiary/aromatic N) is 4. The van der Waals surface area contributed by atoms with Gasteiger partial charge >= 0.3 is 0 Å². The first kappa shape index (κ1) is 25.7. The molecule has 190 valence electrons. The normalized spacial score (nSPS) is 14.5. The number of carbonyl (C=O) groups excluding carboxylic acids is 1. The Morgan fingerprint density at radius 3 is 2.49 bits per heavy atom. The molecule has 1 aliphatic heterocycles. The van der Waals surface area contributed by atoms with E-state index in [0.29, 0.717) is 0 Å². The maximum absolute atomic E-state index is 13.5. The topological polar surface area (TPSA) is 53.4 Å². The van der Waals surface area contributed by atoms with Crippen LogP contribution in [0, 0.1) is 0 Å². The van der Waals surface area contributed by atoms with Gasteiger partial charge in [0.1, 0.15) is 0 Å². The number of likely N-dealkylation sites (tertiary alicyclic amines) is 1. The third kappa shape index (κ3) is 6.85. The molecule has 0 bridgehead atoms. The summed E-state index contributed by atoms with van der Waals surface area (Å²) in [7, 11) is 0. The number of carbonyl (C=O) groups is 1. The van der Waals surface area contributed by atoms with Crippen LogP contribution in [0.2, 0.25) is 0 Å². The van der Waals surface area contributed by atoms with Crippen LogP contribution in [0.5, 0.6) is 0 Å². The third-order valence-corrected chi connectivity index (χ3v) is 7.61.